The highest BCUT2D eigenvalue weighted by atomic mass is 19.1. The summed E-state index contributed by atoms with van der Waals surface area (Å²) in [5, 5.41) is 3.52. The third kappa shape index (κ3) is 4.03. The smallest absolute Gasteiger partial charge is 0.340 e. The highest BCUT2D eigenvalue weighted by Crippen LogP contribution is 2.28. The number of carbonyl (C=O) groups is 1. The van der Waals surface area contributed by atoms with Crippen LogP contribution >= 0.6 is 0 Å². The van der Waals surface area contributed by atoms with Crippen LogP contribution in [0.5, 0.6) is 0 Å². The van der Waals surface area contributed by atoms with Crippen molar-refractivity contribution in [1.82, 2.24) is 5.32 Å². The van der Waals surface area contributed by atoms with Crippen LogP contribution in [0.3, 0.4) is 0 Å². The van der Waals surface area contributed by atoms with E-state index in [1.165, 1.54) is 38.5 Å². The van der Waals surface area contributed by atoms with Gasteiger partial charge in [-0.3, -0.25) is 0 Å². The van der Waals surface area contributed by atoms with Crippen molar-refractivity contribution in [2.75, 3.05) is 7.11 Å². The van der Waals surface area contributed by atoms with E-state index >= 15 is 0 Å². The molecule has 0 heterocycles. The fourth-order valence-corrected chi connectivity index (χ4v) is 3.16. The molecule has 0 saturated heterocycles. The Morgan fingerprint density at radius 1 is 1.38 bits per heavy atom. The Balaban J connectivity index is 1.95. The van der Waals surface area contributed by atoms with Gasteiger partial charge in [0.1, 0.15) is 5.82 Å². The normalized spacial score (nSPS) is 25.6. The molecule has 3 atom stereocenters. The van der Waals surface area contributed by atoms with Crippen LogP contribution in [0, 0.1) is 17.7 Å². The molecule has 0 amide bonds. The largest absolute Gasteiger partial charge is 0.465 e. The highest BCUT2D eigenvalue weighted by molar-refractivity contribution is 5.89. The maximum absolute atomic E-state index is 13.9. The van der Waals surface area contributed by atoms with Gasteiger partial charge in [-0.2, -0.15) is 0 Å². The van der Waals surface area contributed by atoms with E-state index in [-0.39, 0.29) is 5.56 Å². The van der Waals surface area contributed by atoms with Gasteiger partial charge in [-0.15, -0.1) is 0 Å². The lowest BCUT2D eigenvalue weighted by Crippen LogP contribution is -2.38. The number of hydrogen-bond acceptors (Lipinski definition) is 3. The summed E-state index contributed by atoms with van der Waals surface area (Å²) in [5.41, 5.74) is 0.840. The molecule has 4 heteroatoms. The molecule has 1 fully saturated rings. The molecule has 3 nitrogen and oxygen atoms in total. The second-order valence-corrected chi connectivity index (χ2v) is 6.19. The first kappa shape index (κ1) is 16.0. The summed E-state index contributed by atoms with van der Waals surface area (Å²) in [4.78, 5) is 11.3. The van der Waals surface area contributed by atoms with Crippen molar-refractivity contribution in [3.05, 3.63) is 35.1 Å². The molecule has 1 N–H and O–H groups in total. The number of benzene rings is 1. The topological polar surface area (TPSA) is 38.3 Å². The molecule has 0 radical (unpaired) electrons. The predicted molar refractivity (Wildman–Crippen MR) is 80.5 cm³/mol. The van der Waals surface area contributed by atoms with E-state index in [2.05, 4.69) is 23.9 Å². The lowest BCUT2D eigenvalue weighted by molar-refractivity contribution is 0.0595. The van der Waals surface area contributed by atoms with Gasteiger partial charge >= 0.3 is 5.97 Å². The molecule has 0 spiro atoms. The molecule has 1 aliphatic rings. The lowest BCUT2D eigenvalue weighted by atomic mass is 9.80. The summed E-state index contributed by atoms with van der Waals surface area (Å²) in [6.45, 7) is 5.20. The minimum Gasteiger partial charge on any atom is -0.465 e. The molecule has 1 aromatic rings. The van der Waals surface area contributed by atoms with Crippen molar-refractivity contribution in [3.63, 3.8) is 0 Å². The first-order chi connectivity index (χ1) is 10.0. The van der Waals surface area contributed by atoms with Crippen LogP contribution in [0.1, 0.15) is 49.0 Å². The maximum Gasteiger partial charge on any atom is 0.340 e. The fraction of sp³-hybridized carbons (Fsp3) is 0.588. The zero-order valence-electron chi connectivity index (χ0n) is 13.0. The van der Waals surface area contributed by atoms with E-state index in [0.717, 1.165) is 11.5 Å². The monoisotopic (exact) mass is 293 g/mol. The average Bonchev–Trinajstić information content (AvgIpc) is 2.45. The minimum absolute atomic E-state index is 0.0129. The van der Waals surface area contributed by atoms with Crippen LogP contribution in [-0.4, -0.2) is 19.1 Å². The van der Waals surface area contributed by atoms with Crippen LogP contribution in [0.4, 0.5) is 4.39 Å². The molecule has 1 aromatic carbocycles. The standard InChI is InChI=1S/C17H24FNO2/c1-11-4-7-16(12(2)8-11)19-10-13-5-6-14(15(18)9-13)17(20)21-3/h5-6,9,11-12,16,19H,4,7-8,10H2,1-3H3. The van der Waals surface area contributed by atoms with Gasteiger partial charge in [-0.1, -0.05) is 19.9 Å². The van der Waals surface area contributed by atoms with Crippen LogP contribution in [0.2, 0.25) is 0 Å². The van der Waals surface area contributed by atoms with Gasteiger partial charge in [0.05, 0.1) is 12.7 Å². The molecule has 1 aliphatic carbocycles. The molecule has 0 bridgehead atoms. The number of ether oxygens (including phenoxy) is 1. The number of rotatable bonds is 4. The molecular weight excluding hydrogens is 269 g/mol. The lowest BCUT2D eigenvalue weighted by Gasteiger charge is -2.33. The van der Waals surface area contributed by atoms with E-state index in [0.29, 0.717) is 18.5 Å². The van der Waals surface area contributed by atoms with Crippen LogP contribution in [0.25, 0.3) is 0 Å². The van der Waals surface area contributed by atoms with Crippen LogP contribution < -0.4 is 5.32 Å². The van der Waals surface area contributed by atoms with E-state index in [9.17, 15) is 9.18 Å². The second kappa shape index (κ2) is 7.03. The van der Waals surface area contributed by atoms with Crippen LogP contribution in [-0.2, 0) is 11.3 Å². The van der Waals surface area contributed by atoms with E-state index < -0.39 is 11.8 Å². The fourth-order valence-electron chi connectivity index (χ4n) is 3.16. The second-order valence-electron chi connectivity index (χ2n) is 6.19. The summed E-state index contributed by atoms with van der Waals surface area (Å²) in [6.07, 6.45) is 3.66. The van der Waals surface area contributed by atoms with Gasteiger partial charge in [-0.05, 0) is 48.8 Å². The molecule has 2 rings (SSSR count). The molecule has 1 saturated carbocycles. The molecule has 0 aromatic heterocycles. The van der Waals surface area contributed by atoms with Gasteiger partial charge in [0.2, 0.25) is 0 Å². The Kier molecular flexibility index (Phi) is 5.34. The van der Waals surface area contributed by atoms with Crippen molar-refractivity contribution in [1.29, 1.82) is 0 Å². The van der Waals surface area contributed by atoms with Gasteiger partial charge in [0.15, 0.2) is 0 Å². The van der Waals surface area contributed by atoms with E-state index in [1.54, 1.807) is 6.07 Å². The Hall–Kier alpha value is -1.42. The Morgan fingerprint density at radius 2 is 2.14 bits per heavy atom. The van der Waals surface area contributed by atoms with Gasteiger partial charge in [0.25, 0.3) is 0 Å². The number of carbonyl (C=O) groups excluding carboxylic acids is 1. The Bertz CT molecular complexity index is 504. The quantitative estimate of drug-likeness (QED) is 0.863. The first-order valence-corrected chi connectivity index (χ1v) is 7.61. The highest BCUT2D eigenvalue weighted by Gasteiger charge is 2.24. The van der Waals surface area contributed by atoms with Crippen molar-refractivity contribution >= 4 is 5.97 Å². The molecule has 21 heavy (non-hydrogen) atoms. The van der Waals surface area contributed by atoms with Crippen molar-refractivity contribution in [2.45, 2.75) is 45.7 Å². The summed E-state index contributed by atoms with van der Waals surface area (Å²) in [5.74, 6) is 0.288. The zero-order chi connectivity index (χ0) is 15.4. The first-order valence-electron chi connectivity index (χ1n) is 7.61. The van der Waals surface area contributed by atoms with E-state index in [4.69, 9.17) is 0 Å². The number of esters is 1. The molecule has 116 valence electrons. The minimum atomic E-state index is -0.637. The number of methoxy groups -OCH3 is 1. The average molecular weight is 293 g/mol. The maximum atomic E-state index is 13.9. The SMILES string of the molecule is COC(=O)c1ccc(CNC2CCC(C)CC2C)cc1F. The number of hydrogen-bond donors (Lipinski definition) is 1. The zero-order valence-corrected chi connectivity index (χ0v) is 13.0. The predicted octanol–water partition coefficient (Wildman–Crippen LogP) is 3.53. The summed E-state index contributed by atoms with van der Waals surface area (Å²) >= 11 is 0. The number of halogens is 1. The van der Waals surface area contributed by atoms with Gasteiger partial charge in [0, 0.05) is 12.6 Å². The van der Waals surface area contributed by atoms with Crippen LogP contribution in [0.15, 0.2) is 18.2 Å². The molecule has 0 aliphatic heterocycles. The van der Waals surface area contributed by atoms with E-state index in [1.807, 2.05) is 0 Å². The Morgan fingerprint density at radius 3 is 2.76 bits per heavy atom. The van der Waals surface area contributed by atoms with Crippen molar-refractivity contribution in [2.24, 2.45) is 11.8 Å². The van der Waals surface area contributed by atoms with Gasteiger partial charge in [-0.25, -0.2) is 9.18 Å². The summed E-state index contributed by atoms with van der Waals surface area (Å²) in [7, 11) is 1.25. The third-order valence-electron chi connectivity index (χ3n) is 4.44. The summed E-state index contributed by atoms with van der Waals surface area (Å²) in [6, 6.07) is 5.17. The van der Waals surface area contributed by atoms with Gasteiger partial charge < -0.3 is 10.1 Å². The third-order valence-corrected chi connectivity index (χ3v) is 4.44. The van der Waals surface area contributed by atoms with Crippen molar-refractivity contribution < 1.29 is 13.9 Å². The van der Waals surface area contributed by atoms with Crippen molar-refractivity contribution in [3.8, 4) is 0 Å². The Labute approximate surface area is 125 Å². The number of nitrogens with one attached hydrogen (secondary N) is 1. The summed E-state index contributed by atoms with van der Waals surface area (Å²) < 4.78 is 18.4. The molecule has 3 unspecified atom stereocenters. The molecular formula is C17H24FNO2.